The summed E-state index contributed by atoms with van der Waals surface area (Å²) in [4.78, 5) is 15.7. The quantitative estimate of drug-likeness (QED) is 0.576. The number of aromatic nitrogens is 1. The van der Waals surface area contributed by atoms with Crippen LogP contribution in [0, 0.1) is 0 Å². The lowest BCUT2D eigenvalue weighted by molar-refractivity contribution is 0.0973. The highest BCUT2D eigenvalue weighted by Crippen LogP contribution is 2.09. The van der Waals surface area contributed by atoms with Gasteiger partial charge in [-0.2, -0.15) is 0 Å². The van der Waals surface area contributed by atoms with E-state index in [1.54, 1.807) is 24.5 Å². The third-order valence-electron chi connectivity index (χ3n) is 2.54. The molecular formula is C15H15NO2. The van der Waals surface area contributed by atoms with E-state index in [2.05, 4.69) is 4.98 Å². The Balaban J connectivity index is 1.72. The van der Waals surface area contributed by atoms with Crippen LogP contribution >= 0.6 is 0 Å². The lowest BCUT2D eigenvalue weighted by Gasteiger charge is -2.05. The van der Waals surface area contributed by atoms with Gasteiger partial charge in [0.05, 0.1) is 6.61 Å². The summed E-state index contributed by atoms with van der Waals surface area (Å²) in [5.74, 6) is 0.950. The summed E-state index contributed by atoms with van der Waals surface area (Å²) >= 11 is 0. The predicted octanol–water partition coefficient (Wildman–Crippen LogP) is 3.12. The number of ketones is 1. The zero-order valence-electron chi connectivity index (χ0n) is 10.1. The molecule has 0 atom stereocenters. The smallest absolute Gasteiger partial charge is 0.164 e. The molecule has 2 aromatic rings. The van der Waals surface area contributed by atoms with Crippen molar-refractivity contribution in [1.82, 2.24) is 4.98 Å². The van der Waals surface area contributed by atoms with Crippen LogP contribution < -0.4 is 4.74 Å². The molecule has 0 amide bonds. The van der Waals surface area contributed by atoms with Crippen LogP contribution in [0.1, 0.15) is 23.2 Å². The number of pyridine rings is 1. The summed E-state index contributed by atoms with van der Waals surface area (Å²) < 4.78 is 5.52. The van der Waals surface area contributed by atoms with Gasteiger partial charge in [-0.15, -0.1) is 0 Å². The van der Waals surface area contributed by atoms with Gasteiger partial charge < -0.3 is 4.74 Å². The zero-order chi connectivity index (χ0) is 12.6. The summed E-state index contributed by atoms with van der Waals surface area (Å²) in [6.07, 6.45) is 4.46. The van der Waals surface area contributed by atoms with Gasteiger partial charge in [0.25, 0.3) is 0 Å². The monoisotopic (exact) mass is 241 g/mol. The van der Waals surface area contributed by atoms with Crippen LogP contribution in [0.15, 0.2) is 54.9 Å². The zero-order valence-corrected chi connectivity index (χ0v) is 10.1. The first-order chi connectivity index (χ1) is 8.86. The van der Waals surface area contributed by atoms with Crippen molar-refractivity contribution in [2.45, 2.75) is 12.8 Å². The summed E-state index contributed by atoms with van der Waals surface area (Å²) in [5, 5.41) is 0. The Morgan fingerprint density at radius 1 is 1.11 bits per heavy atom. The SMILES string of the molecule is O=C(CCCOc1ccccc1)c1cccnc1. The third-order valence-corrected chi connectivity index (χ3v) is 2.54. The number of para-hydroxylation sites is 1. The highest BCUT2D eigenvalue weighted by Gasteiger charge is 2.04. The highest BCUT2D eigenvalue weighted by molar-refractivity contribution is 5.95. The Bertz CT molecular complexity index is 482. The maximum Gasteiger partial charge on any atom is 0.164 e. The maximum atomic E-state index is 11.8. The molecule has 0 aliphatic carbocycles. The molecule has 0 fully saturated rings. The number of nitrogens with zero attached hydrogens (tertiary/aromatic N) is 1. The number of hydrogen-bond donors (Lipinski definition) is 0. The van der Waals surface area contributed by atoms with E-state index in [9.17, 15) is 4.79 Å². The van der Waals surface area contributed by atoms with Gasteiger partial charge in [-0.1, -0.05) is 18.2 Å². The second kappa shape index (κ2) is 6.55. The molecule has 0 aliphatic heterocycles. The molecule has 3 nitrogen and oxygen atoms in total. The van der Waals surface area contributed by atoms with Gasteiger partial charge in [0.15, 0.2) is 5.78 Å². The van der Waals surface area contributed by atoms with Crippen LogP contribution in [-0.2, 0) is 0 Å². The lowest BCUT2D eigenvalue weighted by atomic mass is 10.1. The van der Waals surface area contributed by atoms with Gasteiger partial charge in [-0.05, 0) is 30.7 Å². The second-order valence-corrected chi connectivity index (χ2v) is 3.93. The largest absolute Gasteiger partial charge is 0.494 e. The van der Waals surface area contributed by atoms with Gasteiger partial charge in [0.2, 0.25) is 0 Å². The first-order valence-corrected chi connectivity index (χ1v) is 5.97. The van der Waals surface area contributed by atoms with Crippen molar-refractivity contribution in [2.75, 3.05) is 6.61 Å². The molecule has 92 valence electrons. The average Bonchev–Trinajstić information content (AvgIpc) is 2.45. The fraction of sp³-hybridized carbons (Fsp3) is 0.200. The molecule has 1 heterocycles. The molecule has 0 aliphatic rings. The van der Waals surface area contributed by atoms with E-state index in [1.165, 1.54) is 0 Å². The van der Waals surface area contributed by atoms with Gasteiger partial charge in [0, 0.05) is 24.4 Å². The molecule has 0 N–H and O–H groups in total. The van der Waals surface area contributed by atoms with E-state index < -0.39 is 0 Å². The Morgan fingerprint density at radius 3 is 2.67 bits per heavy atom. The number of benzene rings is 1. The molecule has 0 unspecified atom stereocenters. The van der Waals surface area contributed by atoms with Gasteiger partial charge in [0.1, 0.15) is 5.75 Å². The van der Waals surface area contributed by atoms with Gasteiger partial charge >= 0.3 is 0 Å². The van der Waals surface area contributed by atoms with E-state index in [0.717, 1.165) is 5.75 Å². The predicted molar refractivity (Wildman–Crippen MR) is 69.7 cm³/mol. The number of carbonyl (C=O) groups excluding carboxylic acids is 1. The van der Waals surface area contributed by atoms with E-state index in [-0.39, 0.29) is 5.78 Å². The van der Waals surface area contributed by atoms with Crippen molar-refractivity contribution in [3.8, 4) is 5.75 Å². The average molecular weight is 241 g/mol. The molecule has 0 saturated carbocycles. The van der Waals surface area contributed by atoms with Crippen molar-refractivity contribution in [3.63, 3.8) is 0 Å². The third kappa shape index (κ3) is 3.70. The van der Waals surface area contributed by atoms with E-state index >= 15 is 0 Å². The molecule has 0 bridgehead atoms. The van der Waals surface area contributed by atoms with Crippen LogP contribution in [0.4, 0.5) is 0 Å². The molecular weight excluding hydrogens is 226 g/mol. The molecule has 18 heavy (non-hydrogen) atoms. The molecule has 1 aromatic heterocycles. The van der Waals surface area contributed by atoms with E-state index in [4.69, 9.17) is 4.74 Å². The van der Waals surface area contributed by atoms with Crippen molar-refractivity contribution in [2.24, 2.45) is 0 Å². The van der Waals surface area contributed by atoms with E-state index in [1.807, 2.05) is 30.3 Å². The molecule has 0 spiro atoms. The first-order valence-electron chi connectivity index (χ1n) is 5.97. The Labute approximate surface area is 106 Å². The fourth-order valence-electron chi connectivity index (χ4n) is 1.61. The summed E-state index contributed by atoms with van der Waals surface area (Å²) in [6.45, 7) is 0.552. The normalized spacial score (nSPS) is 10.0. The van der Waals surface area contributed by atoms with Crippen molar-refractivity contribution < 1.29 is 9.53 Å². The highest BCUT2D eigenvalue weighted by atomic mass is 16.5. The topological polar surface area (TPSA) is 39.2 Å². The molecule has 0 radical (unpaired) electrons. The second-order valence-electron chi connectivity index (χ2n) is 3.93. The van der Waals surface area contributed by atoms with Gasteiger partial charge in [-0.3, -0.25) is 9.78 Å². The van der Waals surface area contributed by atoms with Crippen molar-refractivity contribution in [1.29, 1.82) is 0 Å². The standard InChI is InChI=1S/C15H15NO2/c17-15(13-6-4-10-16-12-13)9-5-11-18-14-7-2-1-3-8-14/h1-4,6-8,10,12H,5,9,11H2. The van der Waals surface area contributed by atoms with Crippen LogP contribution in [-0.4, -0.2) is 17.4 Å². The number of hydrogen-bond acceptors (Lipinski definition) is 3. The summed E-state index contributed by atoms with van der Waals surface area (Å²) in [6, 6.07) is 13.2. The number of rotatable bonds is 6. The molecule has 3 heteroatoms. The lowest BCUT2D eigenvalue weighted by Crippen LogP contribution is -2.04. The van der Waals surface area contributed by atoms with Crippen LogP contribution in [0.2, 0.25) is 0 Å². The minimum atomic E-state index is 0.111. The number of Topliss-reactive ketones (excluding diaryl/α,β-unsaturated/α-hetero) is 1. The van der Waals surface area contributed by atoms with Crippen LogP contribution in [0.5, 0.6) is 5.75 Å². The fourth-order valence-corrected chi connectivity index (χ4v) is 1.61. The number of ether oxygens (including phenoxy) is 1. The van der Waals surface area contributed by atoms with Gasteiger partial charge in [-0.25, -0.2) is 0 Å². The van der Waals surface area contributed by atoms with Crippen LogP contribution in [0.3, 0.4) is 0 Å². The molecule has 0 saturated heterocycles. The maximum absolute atomic E-state index is 11.8. The Morgan fingerprint density at radius 2 is 1.94 bits per heavy atom. The van der Waals surface area contributed by atoms with Crippen molar-refractivity contribution in [3.05, 3.63) is 60.4 Å². The Hall–Kier alpha value is -2.16. The molecule has 1 aromatic carbocycles. The first kappa shape index (κ1) is 12.3. The van der Waals surface area contributed by atoms with E-state index in [0.29, 0.717) is 25.0 Å². The minimum Gasteiger partial charge on any atom is -0.494 e. The minimum absolute atomic E-state index is 0.111. The Kier molecular flexibility index (Phi) is 4.47. The summed E-state index contributed by atoms with van der Waals surface area (Å²) in [5.41, 5.74) is 0.664. The number of carbonyl (C=O) groups is 1. The van der Waals surface area contributed by atoms with Crippen LogP contribution in [0.25, 0.3) is 0 Å². The van der Waals surface area contributed by atoms with Crippen molar-refractivity contribution >= 4 is 5.78 Å². The molecule has 2 rings (SSSR count). The summed E-state index contributed by atoms with van der Waals surface area (Å²) in [7, 11) is 0.